The minimum Gasteiger partial charge on any atom is -0.310 e. The monoisotopic (exact) mass is 282 g/mol. The van der Waals surface area contributed by atoms with Crippen molar-refractivity contribution in [2.75, 3.05) is 20.6 Å². The number of alkyl halides is 3. The predicted molar refractivity (Wildman–Crippen MR) is 74.3 cm³/mol. The topological polar surface area (TPSA) is 15.3 Å². The van der Waals surface area contributed by atoms with Gasteiger partial charge in [0.2, 0.25) is 0 Å². The van der Waals surface area contributed by atoms with Gasteiger partial charge in [-0.15, -0.1) is 0 Å². The number of hydrogen-bond acceptors (Lipinski definition) is 2. The molecule has 116 valence electrons. The molecule has 0 spiro atoms. The summed E-state index contributed by atoms with van der Waals surface area (Å²) in [6, 6.07) is 0.474. The highest BCUT2D eigenvalue weighted by atomic mass is 19.4. The Morgan fingerprint density at radius 3 is 2.11 bits per heavy atom. The molecule has 0 aromatic heterocycles. The van der Waals surface area contributed by atoms with Gasteiger partial charge in [0, 0.05) is 25.0 Å². The maximum atomic E-state index is 12.1. The SMILES string of the molecule is CC(C)CC(CN(C)C)NC(C)CCCC(F)(F)F. The third kappa shape index (κ3) is 12.5. The highest BCUT2D eigenvalue weighted by Gasteiger charge is 2.26. The molecule has 0 aromatic rings. The van der Waals surface area contributed by atoms with E-state index < -0.39 is 12.6 Å². The molecule has 0 amide bonds. The van der Waals surface area contributed by atoms with Gasteiger partial charge in [-0.3, -0.25) is 0 Å². The molecule has 0 saturated carbocycles. The molecule has 2 atom stereocenters. The fourth-order valence-electron chi connectivity index (χ4n) is 2.30. The van der Waals surface area contributed by atoms with Crippen molar-refractivity contribution in [1.82, 2.24) is 10.2 Å². The molecule has 0 aliphatic rings. The van der Waals surface area contributed by atoms with E-state index in [1.165, 1.54) is 0 Å². The summed E-state index contributed by atoms with van der Waals surface area (Å²) >= 11 is 0. The van der Waals surface area contributed by atoms with Gasteiger partial charge in [-0.1, -0.05) is 13.8 Å². The highest BCUT2D eigenvalue weighted by molar-refractivity contribution is 4.75. The maximum Gasteiger partial charge on any atom is 0.389 e. The minimum absolute atomic E-state index is 0.131. The van der Waals surface area contributed by atoms with Crippen LogP contribution in [0.15, 0.2) is 0 Å². The van der Waals surface area contributed by atoms with E-state index in [2.05, 4.69) is 24.1 Å². The molecule has 0 aliphatic carbocycles. The molecule has 0 heterocycles. The van der Waals surface area contributed by atoms with Crippen molar-refractivity contribution in [3.63, 3.8) is 0 Å². The van der Waals surface area contributed by atoms with E-state index in [0.29, 0.717) is 18.4 Å². The Bertz CT molecular complexity index is 217. The zero-order chi connectivity index (χ0) is 15.1. The fraction of sp³-hybridized carbons (Fsp3) is 1.00. The quantitative estimate of drug-likeness (QED) is 0.694. The van der Waals surface area contributed by atoms with Gasteiger partial charge in [-0.2, -0.15) is 13.2 Å². The van der Waals surface area contributed by atoms with Gasteiger partial charge in [-0.25, -0.2) is 0 Å². The zero-order valence-corrected chi connectivity index (χ0v) is 12.8. The Kier molecular flexibility index (Phi) is 8.66. The number of halogens is 3. The Balaban J connectivity index is 4.04. The average molecular weight is 282 g/mol. The molecule has 2 nitrogen and oxygen atoms in total. The Morgan fingerprint density at radius 2 is 1.68 bits per heavy atom. The van der Waals surface area contributed by atoms with E-state index in [1.807, 2.05) is 21.0 Å². The summed E-state index contributed by atoms with van der Waals surface area (Å²) in [6.45, 7) is 7.22. The van der Waals surface area contributed by atoms with Gasteiger partial charge in [0.1, 0.15) is 0 Å². The van der Waals surface area contributed by atoms with Crippen molar-refractivity contribution >= 4 is 0 Å². The number of hydrogen-bond donors (Lipinski definition) is 1. The molecular weight excluding hydrogens is 253 g/mol. The predicted octanol–water partition coefficient (Wildman–Crippen LogP) is 3.67. The molecule has 0 saturated heterocycles. The van der Waals surface area contributed by atoms with Gasteiger partial charge in [-0.05, 0) is 46.2 Å². The van der Waals surface area contributed by atoms with Crippen LogP contribution >= 0.6 is 0 Å². The van der Waals surface area contributed by atoms with Crippen LogP contribution in [0.25, 0.3) is 0 Å². The van der Waals surface area contributed by atoms with Crippen LogP contribution in [0.4, 0.5) is 13.2 Å². The molecule has 2 unspecified atom stereocenters. The van der Waals surface area contributed by atoms with E-state index in [1.54, 1.807) is 0 Å². The molecule has 5 heteroatoms. The van der Waals surface area contributed by atoms with Crippen molar-refractivity contribution in [1.29, 1.82) is 0 Å². The van der Waals surface area contributed by atoms with E-state index in [0.717, 1.165) is 13.0 Å². The van der Waals surface area contributed by atoms with Crippen molar-refractivity contribution in [2.24, 2.45) is 5.92 Å². The van der Waals surface area contributed by atoms with Gasteiger partial charge >= 0.3 is 6.18 Å². The summed E-state index contributed by atoms with van der Waals surface area (Å²) in [5, 5.41) is 3.46. The molecular formula is C14H29F3N2. The fourth-order valence-corrected chi connectivity index (χ4v) is 2.30. The van der Waals surface area contributed by atoms with Crippen LogP contribution in [0, 0.1) is 5.92 Å². The lowest BCUT2D eigenvalue weighted by molar-refractivity contribution is -0.135. The van der Waals surface area contributed by atoms with Crippen LogP contribution in [0.3, 0.4) is 0 Å². The first-order valence-corrected chi connectivity index (χ1v) is 7.07. The molecule has 0 aliphatic heterocycles. The molecule has 0 radical (unpaired) electrons. The molecule has 0 rings (SSSR count). The lowest BCUT2D eigenvalue weighted by Gasteiger charge is -2.27. The largest absolute Gasteiger partial charge is 0.389 e. The third-order valence-electron chi connectivity index (χ3n) is 2.96. The van der Waals surface area contributed by atoms with Crippen LogP contribution < -0.4 is 5.32 Å². The normalized spacial score (nSPS) is 16.1. The number of nitrogens with zero attached hydrogens (tertiary/aromatic N) is 1. The molecule has 0 bridgehead atoms. The van der Waals surface area contributed by atoms with Gasteiger partial charge < -0.3 is 10.2 Å². The zero-order valence-electron chi connectivity index (χ0n) is 12.8. The Morgan fingerprint density at radius 1 is 1.11 bits per heavy atom. The molecule has 0 fully saturated rings. The van der Waals surface area contributed by atoms with Crippen molar-refractivity contribution in [2.45, 2.75) is 64.7 Å². The number of rotatable bonds is 9. The van der Waals surface area contributed by atoms with Gasteiger partial charge in [0.15, 0.2) is 0 Å². The second kappa shape index (κ2) is 8.80. The van der Waals surface area contributed by atoms with Crippen molar-refractivity contribution in [3.05, 3.63) is 0 Å². The first-order valence-electron chi connectivity index (χ1n) is 7.07. The summed E-state index contributed by atoms with van der Waals surface area (Å²) in [5.41, 5.74) is 0. The van der Waals surface area contributed by atoms with E-state index >= 15 is 0 Å². The van der Waals surface area contributed by atoms with Crippen LogP contribution in [-0.4, -0.2) is 43.8 Å². The second-order valence-electron chi connectivity index (χ2n) is 6.16. The van der Waals surface area contributed by atoms with Crippen molar-refractivity contribution in [3.8, 4) is 0 Å². The third-order valence-corrected chi connectivity index (χ3v) is 2.96. The van der Waals surface area contributed by atoms with E-state index in [9.17, 15) is 13.2 Å². The van der Waals surface area contributed by atoms with Crippen LogP contribution in [0.2, 0.25) is 0 Å². The average Bonchev–Trinajstić information content (AvgIpc) is 2.12. The lowest BCUT2D eigenvalue weighted by atomic mass is 10.0. The Hall–Kier alpha value is -0.290. The van der Waals surface area contributed by atoms with E-state index in [4.69, 9.17) is 0 Å². The van der Waals surface area contributed by atoms with Crippen molar-refractivity contribution < 1.29 is 13.2 Å². The minimum atomic E-state index is -4.03. The Labute approximate surface area is 115 Å². The summed E-state index contributed by atoms with van der Waals surface area (Å²) in [6.07, 6.45) is -2.89. The number of likely N-dealkylation sites (N-methyl/N-ethyl adjacent to an activating group) is 1. The van der Waals surface area contributed by atoms with Gasteiger partial charge in [0.05, 0.1) is 0 Å². The summed E-state index contributed by atoms with van der Waals surface area (Å²) in [7, 11) is 4.03. The van der Waals surface area contributed by atoms with Crippen LogP contribution in [0.1, 0.15) is 46.5 Å². The summed E-state index contributed by atoms with van der Waals surface area (Å²) in [5.74, 6) is 0.583. The maximum absolute atomic E-state index is 12.1. The number of nitrogens with one attached hydrogen (secondary N) is 1. The lowest BCUT2D eigenvalue weighted by Crippen LogP contribution is -2.43. The summed E-state index contributed by atoms with van der Waals surface area (Å²) in [4.78, 5) is 2.11. The molecule has 19 heavy (non-hydrogen) atoms. The van der Waals surface area contributed by atoms with E-state index in [-0.39, 0.29) is 12.5 Å². The van der Waals surface area contributed by atoms with Gasteiger partial charge in [0.25, 0.3) is 0 Å². The first-order chi connectivity index (χ1) is 8.60. The van der Waals surface area contributed by atoms with Crippen LogP contribution in [0.5, 0.6) is 0 Å². The molecule has 0 aromatic carbocycles. The van der Waals surface area contributed by atoms with Crippen LogP contribution in [-0.2, 0) is 0 Å². The standard InChI is InChI=1S/C14H29F3N2/c1-11(2)9-13(10-19(4)5)18-12(3)7-6-8-14(15,16)17/h11-13,18H,6-10H2,1-5H3. The second-order valence-corrected chi connectivity index (χ2v) is 6.16. The molecule has 1 N–H and O–H groups in total. The highest BCUT2D eigenvalue weighted by Crippen LogP contribution is 2.22. The first kappa shape index (κ1) is 18.7. The summed E-state index contributed by atoms with van der Waals surface area (Å²) < 4.78 is 36.3. The smallest absolute Gasteiger partial charge is 0.310 e.